The van der Waals surface area contributed by atoms with E-state index in [0.29, 0.717) is 17.7 Å². The maximum atomic E-state index is 12.4. The Kier molecular flexibility index (Phi) is 4.20. The van der Waals surface area contributed by atoms with E-state index in [9.17, 15) is 9.59 Å². The molecule has 0 atom stereocenters. The molecule has 0 saturated carbocycles. The maximum Gasteiger partial charge on any atom is 0.251 e. The number of benzene rings is 2. The van der Waals surface area contributed by atoms with Gasteiger partial charge >= 0.3 is 0 Å². The fourth-order valence-corrected chi connectivity index (χ4v) is 2.57. The maximum absolute atomic E-state index is 12.4. The molecule has 3 nitrogen and oxygen atoms in total. The quantitative estimate of drug-likeness (QED) is 0.543. The number of allylic oxidation sites excluding steroid dienone is 2. The molecule has 0 unspecified atom stereocenters. The second-order valence-corrected chi connectivity index (χ2v) is 5.42. The molecular weight excluding hydrogens is 286 g/mol. The zero-order chi connectivity index (χ0) is 16.2. The lowest BCUT2D eigenvalue weighted by molar-refractivity contribution is 0.103. The van der Waals surface area contributed by atoms with Crippen LogP contribution in [-0.2, 0) is 6.54 Å². The van der Waals surface area contributed by atoms with E-state index < -0.39 is 0 Å². The molecule has 114 valence electrons. The van der Waals surface area contributed by atoms with Gasteiger partial charge in [0.1, 0.15) is 0 Å². The van der Waals surface area contributed by atoms with E-state index in [1.165, 1.54) is 0 Å². The van der Waals surface area contributed by atoms with Crippen molar-refractivity contribution in [2.75, 3.05) is 0 Å². The first-order chi connectivity index (χ1) is 11.2. The molecule has 0 saturated heterocycles. The van der Waals surface area contributed by atoms with E-state index in [1.807, 2.05) is 54.6 Å². The van der Waals surface area contributed by atoms with Gasteiger partial charge in [-0.3, -0.25) is 9.59 Å². The van der Waals surface area contributed by atoms with Crippen LogP contribution in [0.5, 0.6) is 0 Å². The highest BCUT2D eigenvalue weighted by Gasteiger charge is 2.07. The fourth-order valence-electron chi connectivity index (χ4n) is 2.57. The van der Waals surface area contributed by atoms with Crippen molar-refractivity contribution in [3.05, 3.63) is 94.3 Å². The average molecular weight is 303 g/mol. The zero-order valence-corrected chi connectivity index (χ0v) is 12.9. The number of Topliss-reactive ketones (excluding diaryl/α,β-unsaturated/α-hetero) is 1. The van der Waals surface area contributed by atoms with E-state index in [4.69, 9.17) is 0 Å². The number of ketones is 1. The van der Waals surface area contributed by atoms with Gasteiger partial charge in [0.2, 0.25) is 0 Å². The standard InChI is InChI=1S/C20H17NO2/c1-15(20(23)17-8-3-2-4-9-17)13-14-21-18-10-6-5-7-16(18)11-12-19(21)22/h2-13H,14H2,1H3/b15-13+. The second kappa shape index (κ2) is 6.44. The molecular formula is C20H17NO2. The summed E-state index contributed by atoms with van der Waals surface area (Å²) in [7, 11) is 0. The fraction of sp³-hybridized carbons (Fsp3) is 0.100. The Bertz CT molecular complexity index is 937. The van der Waals surface area contributed by atoms with Crippen LogP contribution >= 0.6 is 0 Å². The number of hydrogen-bond donors (Lipinski definition) is 0. The van der Waals surface area contributed by atoms with Crippen LogP contribution in [0, 0.1) is 0 Å². The summed E-state index contributed by atoms with van der Waals surface area (Å²) in [6.45, 7) is 2.16. The van der Waals surface area contributed by atoms with Crippen molar-refractivity contribution < 1.29 is 4.79 Å². The molecule has 1 heterocycles. The summed E-state index contributed by atoms with van der Waals surface area (Å²) in [5, 5.41) is 1.01. The Morgan fingerprint density at radius 2 is 1.65 bits per heavy atom. The molecule has 0 spiro atoms. The molecule has 2 aromatic carbocycles. The summed E-state index contributed by atoms with van der Waals surface area (Å²) in [4.78, 5) is 24.5. The molecule has 0 fully saturated rings. The number of hydrogen-bond acceptors (Lipinski definition) is 2. The minimum absolute atomic E-state index is 0.0149. The summed E-state index contributed by atoms with van der Waals surface area (Å²) in [5.74, 6) is -0.0149. The van der Waals surface area contributed by atoms with Gasteiger partial charge in [-0.15, -0.1) is 0 Å². The third-order valence-corrected chi connectivity index (χ3v) is 3.87. The second-order valence-electron chi connectivity index (χ2n) is 5.42. The van der Waals surface area contributed by atoms with E-state index in [-0.39, 0.29) is 11.3 Å². The first kappa shape index (κ1) is 15.0. The molecule has 0 aliphatic rings. The molecule has 0 amide bonds. The number of fused-ring (bicyclic) bond motifs is 1. The number of nitrogens with zero attached hydrogens (tertiary/aromatic N) is 1. The Morgan fingerprint density at radius 3 is 2.43 bits per heavy atom. The van der Waals surface area contributed by atoms with Gasteiger partial charge in [-0.05, 0) is 30.0 Å². The molecule has 0 aliphatic carbocycles. The monoisotopic (exact) mass is 303 g/mol. The van der Waals surface area contributed by atoms with Crippen molar-refractivity contribution in [3.8, 4) is 0 Å². The van der Waals surface area contributed by atoms with Crippen LogP contribution in [0.3, 0.4) is 0 Å². The van der Waals surface area contributed by atoms with Crippen LogP contribution in [-0.4, -0.2) is 10.4 Å². The molecule has 0 bridgehead atoms. The van der Waals surface area contributed by atoms with E-state index >= 15 is 0 Å². The summed E-state index contributed by atoms with van der Waals surface area (Å²) >= 11 is 0. The van der Waals surface area contributed by atoms with E-state index in [0.717, 1.165) is 10.9 Å². The lowest BCUT2D eigenvalue weighted by atomic mass is 10.0. The minimum Gasteiger partial charge on any atom is -0.304 e. The Morgan fingerprint density at radius 1 is 0.957 bits per heavy atom. The number of rotatable bonds is 4. The third-order valence-electron chi connectivity index (χ3n) is 3.87. The Balaban J connectivity index is 1.92. The van der Waals surface area contributed by atoms with Gasteiger partial charge in [0, 0.05) is 18.2 Å². The predicted octanol–water partition coefficient (Wildman–Crippen LogP) is 3.83. The van der Waals surface area contributed by atoms with Crippen LogP contribution in [0.4, 0.5) is 0 Å². The van der Waals surface area contributed by atoms with E-state index in [2.05, 4.69) is 0 Å². The molecule has 0 N–H and O–H groups in total. The van der Waals surface area contributed by atoms with Crippen molar-refractivity contribution in [1.29, 1.82) is 0 Å². The predicted molar refractivity (Wildman–Crippen MR) is 92.7 cm³/mol. The highest BCUT2D eigenvalue weighted by molar-refractivity contribution is 6.08. The van der Waals surface area contributed by atoms with Crippen LogP contribution in [0.1, 0.15) is 17.3 Å². The van der Waals surface area contributed by atoms with Crippen LogP contribution < -0.4 is 5.56 Å². The number of carbonyl (C=O) groups is 1. The largest absolute Gasteiger partial charge is 0.304 e. The molecule has 3 rings (SSSR count). The lowest BCUT2D eigenvalue weighted by Gasteiger charge is -2.08. The summed E-state index contributed by atoms with van der Waals surface area (Å²) < 4.78 is 1.68. The minimum atomic E-state index is -0.0695. The molecule has 0 radical (unpaired) electrons. The zero-order valence-electron chi connectivity index (χ0n) is 12.9. The number of carbonyl (C=O) groups excluding carboxylic acids is 1. The molecule has 23 heavy (non-hydrogen) atoms. The summed E-state index contributed by atoms with van der Waals surface area (Å²) in [5.41, 5.74) is 2.10. The number of aromatic nitrogens is 1. The van der Waals surface area contributed by atoms with Gasteiger partial charge in [0.05, 0.1) is 5.52 Å². The third kappa shape index (κ3) is 3.14. The van der Waals surface area contributed by atoms with Crippen molar-refractivity contribution in [2.24, 2.45) is 0 Å². The topological polar surface area (TPSA) is 39.1 Å². The molecule has 1 aromatic heterocycles. The molecule has 3 heteroatoms. The van der Waals surface area contributed by atoms with Crippen LogP contribution in [0.15, 0.2) is 83.2 Å². The first-order valence-corrected chi connectivity index (χ1v) is 7.52. The van der Waals surface area contributed by atoms with Crippen LogP contribution in [0.25, 0.3) is 10.9 Å². The first-order valence-electron chi connectivity index (χ1n) is 7.52. The van der Waals surface area contributed by atoms with E-state index in [1.54, 1.807) is 29.7 Å². The lowest BCUT2D eigenvalue weighted by Crippen LogP contribution is -2.19. The molecule has 0 aliphatic heterocycles. The van der Waals surface area contributed by atoms with Crippen molar-refractivity contribution in [1.82, 2.24) is 4.57 Å². The number of pyridine rings is 1. The molecule has 3 aromatic rings. The van der Waals surface area contributed by atoms with Crippen LogP contribution in [0.2, 0.25) is 0 Å². The van der Waals surface area contributed by atoms with Gasteiger partial charge in [0.25, 0.3) is 5.56 Å². The smallest absolute Gasteiger partial charge is 0.251 e. The average Bonchev–Trinajstić information content (AvgIpc) is 2.60. The van der Waals surface area contributed by atoms with Gasteiger partial charge in [-0.2, -0.15) is 0 Å². The Hall–Kier alpha value is -2.94. The van der Waals surface area contributed by atoms with Crippen molar-refractivity contribution in [2.45, 2.75) is 13.5 Å². The van der Waals surface area contributed by atoms with Crippen molar-refractivity contribution in [3.63, 3.8) is 0 Å². The van der Waals surface area contributed by atoms with Gasteiger partial charge in [-0.1, -0.05) is 54.6 Å². The van der Waals surface area contributed by atoms with Crippen molar-refractivity contribution >= 4 is 16.7 Å². The van der Waals surface area contributed by atoms with Gasteiger partial charge < -0.3 is 4.57 Å². The Labute approximate surface area is 134 Å². The normalized spacial score (nSPS) is 11.6. The summed E-state index contributed by atoms with van der Waals surface area (Å²) in [6.07, 6.45) is 1.81. The summed E-state index contributed by atoms with van der Waals surface area (Å²) in [6, 6.07) is 20.3. The number of para-hydroxylation sites is 1. The van der Waals surface area contributed by atoms with Gasteiger partial charge in [-0.25, -0.2) is 0 Å². The highest BCUT2D eigenvalue weighted by Crippen LogP contribution is 2.12. The SMILES string of the molecule is C/C(=C\Cn1c(=O)ccc2ccccc21)C(=O)c1ccccc1. The van der Waals surface area contributed by atoms with Gasteiger partial charge in [0.15, 0.2) is 5.78 Å². The highest BCUT2D eigenvalue weighted by atomic mass is 16.1.